The van der Waals surface area contributed by atoms with E-state index >= 15 is 0 Å². The highest BCUT2D eigenvalue weighted by Gasteiger charge is 2.71. The van der Waals surface area contributed by atoms with Crippen LogP contribution < -0.4 is 10.4 Å². The topological polar surface area (TPSA) is 161 Å². The molecule has 0 unspecified atom stereocenters. The van der Waals surface area contributed by atoms with Crippen LogP contribution in [0.1, 0.15) is 71.1 Å². The van der Waals surface area contributed by atoms with Crippen molar-refractivity contribution in [2.45, 2.75) is 84.4 Å². The third kappa shape index (κ3) is 6.18. The molecule has 3 aliphatic rings. The predicted molar refractivity (Wildman–Crippen MR) is 173 cm³/mol. The number of aliphatic hydroxyl groups excluding tert-OH is 1. The van der Waals surface area contributed by atoms with E-state index < -0.39 is 70.3 Å². The van der Waals surface area contributed by atoms with E-state index in [-0.39, 0.29) is 36.7 Å². The minimum Gasteiger partial charge on any atom is -0.482 e. The van der Waals surface area contributed by atoms with Gasteiger partial charge in [-0.2, -0.15) is 0 Å². The molecule has 260 valence electrons. The molecular formula is C37H41NO11. The summed E-state index contributed by atoms with van der Waals surface area (Å²) in [4.78, 5) is 55.5. The average Bonchev–Trinajstić information content (AvgIpc) is 3.05. The SMILES string of the molecule is CC(=O)OC[C@@]1(C)[C@@H]2C[C@H](OC(=O)OCc3ccccc3)[C@@]3(C)Oc4cc(-c5cccnc5)oc(=O)c4[C@H](O)[C@@H]3[C@@]2(C)CC[C@@H]1OC(C)=O. The number of nitrogens with zero attached hydrogens (tertiary/aromatic N) is 1. The quantitative estimate of drug-likeness (QED) is 0.246. The first-order chi connectivity index (χ1) is 23.3. The van der Waals surface area contributed by atoms with Crippen molar-refractivity contribution in [3.05, 3.63) is 82.5 Å². The second kappa shape index (κ2) is 13.0. The van der Waals surface area contributed by atoms with E-state index in [2.05, 4.69) is 4.98 Å². The second-order valence-corrected chi connectivity index (χ2v) is 14.0. The van der Waals surface area contributed by atoms with E-state index in [4.69, 9.17) is 28.1 Å². The van der Waals surface area contributed by atoms with Gasteiger partial charge in [-0.15, -0.1) is 0 Å². The Kier molecular flexibility index (Phi) is 9.04. The molecule has 0 bridgehead atoms. The summed E-state index contributed by atoms with van der Waals surface area (Å²) >= 11 is 0. The van der Waals surface area contributed by atoms with E-state index in [1.807, 2.05) is 44.2 Å². The number of fused-ring (bicyclic) bond motifs is 4. The molecule has 0 radical (unpaired) electrons. The Labute approximate surface area is 283 Å². The number of benzene rings is 1. The second-order valence-electron chi connectivity index (χ2n) is 14.0. The van der Waals surface area contributed by atoms with Crippen LogP contribution in [0.25, 0.3) is 11.3 Å². The lowest BCUT2D eigenvalue weighted by Gasteiger charge is -2.66. The van der Waals surface area contributed by atoms with E-state index in [0.29, 0.717) is 18.4 Å². The summed E-state index contributed by atoms with van der Waals surface area (Å²) in [5.74, 6) is -2.00. The number of aliphatic hydroxyl groups is 1. The van der Waals surface area contributed by atoms with Gasteiger partial charge in [0.25, 0.3) is 0 Å². The first-order valence-electron chi connectivity index (χ1n) is 16.4. The molecule has 2 fully saturated rings. The number of hydrogen-bond donors (Lipinski definition) is 1. The maximum Gasteiger partial charge on any atom is 0.509 e. The Hall–Kier alpha value is -4.71. The fourth-order valence-electron chi connectivity index (χ4n) is 8.70. The van der Waals surface area contributed by atoms with E-state index in [9.17, 15) is 24.3 Å². The summed E-state index contributed by atoms with van der Waals surface area (Å²) in [6, 6.07) is 14.1. The summed E-state index contributed by atoms with van der Waals surface area (Å²) in [6.45, 7) is 8.12. The Balaban J connectivity index is 1.45. The van der Waals surface area contributed by atoms with Crippen LogP contribution in [-0.4, -0.2) is 52.6 Å². The molecule has 8 atom stereocenters. The Morgan fingerprint density at radius 1 is 0.980 bits per heavy atom. The van der Waals surface area contributed by atoms with Gasteiger partial charge in [-0.1, -0.05) is 44.2 Å². The molecule has 2 saturated carbocycles. The van der Waals surface area contributed by atoms with E-state index in [1.165, 1.54) is 13.8 Å². The van der Waals surface area contributed by atoms with Gasteiger partial charge in [0.05, 0.1) is 6.10 Å². The summed E-state index contributed by atoms with van der Waals surface area (Å²) in [7, 11) is 0. The summed E-state index contributed by atoms with van der Waals surface area (Å²) in [5.41, 5.74) is -2.68. The summed E-state index contributed by atoms with van der Waals surface area (Å²) in [6.07, 6.45) is 0.117. The molecule has 0 spiro atoms. The molecule has 1 aromatic carbocycles. The van der Waals surface area contributed by atoms with E-state index in [1.54, 1.807) is 37.5 Å². The molecule has 3 aromatic rings. The molecule has 1 N–H and O–H groups in total. The average molecular weight is 676 g/mol. The largest absolute Gasteiger partial charge is 0.509 e. The molecule has 2 aromatic heterocycles. The molecule has 6 rings (SSSR count). The van der Waals surface area contributed by atoms with Crippen LogP contribution >= 0.6 is 0 Å². The molecule has 12 nitrogen and oxygen atoms in total. The first-order valence-corrected chi connectivity index (χ1v) is 16.4. The van der Waals surface area contributed by atoms with Gasteiger partial charge in [0.2, 0.25) is 0 Å². The lowest BCUT2D eigenvalue weighted by molar-refractivity contribution is -0.268. The predicted octanol–water partition coefficient (Wildman–Crippen LogP) is 5.55. The van der Waals surface area contributed by atoms with E-state index in [0.717, 1.165) is 5.56 Å². The fraction of sp³-hybridized carbons (Fsp3) is 0.486. The zero-order valence-corrected chi connectivity index (χ0v) is 28.2. The molecule has 0 amide bonds. The molecule has 1 aliphatic heterocycles. The number of ether oxygens (including phenoxy) is 5. The number of rotatable bonds is 7. The maximum atomic E-state index is 13.6. The minimum absolute atomic E-state index is 0.0335. The van der Waals surface area contributed by atoms with Crippen molar-refractivity contribution in [1.82, 2.24) is 4.98 Å². The lowest BCUT2D eigenvalue weighted by atomic mass is 9.42. The van der Waals surface area contributed by atoms with Crippen LogP contribution in [-0.2, 0) is 35.1 Å². The first kappa shape index (κ1) is 34.2. The smallest absolute Gasteiger partial charge is 0.482 e. The summed E-state index contributed by atoms with van der Waals surface area (Å²) in [5, 5.41) is 12.3. The molecule has 49 heavy (non-hydrogen) atoms. The van der Waals surface area contributed by atoms with Gasteiger partial charge in [-0.05, 0) is 55.2 Å². The molecular weight excluding hydrogens is 634 g/mol. The lowest BCUT2D eigenvalue weighted by Crippen LogP contribution is -2.71. The third-order valence-corrected chi connectivity index (χ3v) is 10.9. The van der Waals surface area contributed by atoms with Crippen LogP contribution in [0.15, 0.2) is 70.1 Å². The van der Waals surface area contributed by atoms with Crippen LogP contribution in [0.4, 0.5) is 4.79 Å². The Bertz CT molecular complexity index is 1780. The molecule has 12 heteroatoms. The van der Waals surface area contributed by atoms with Crippen molar-refractivity contribution in [3.63, 3.8) is 0 Å². The zero-order valence-electron chi connectivity index (χ0n) is 28.2. The Morgan fingerprint density at radius 2 is 1.73 bits per heavy atom. The van der Waals surface area contributed by atoms with Crippen molar-refractivity contribution in [2.75, 3.05) is 6.61 Å². The van der Waals surface area contributed by atoms with Crippen molar-refractivity contribution >= 4 is 18.1 Å². The molecule has 0 saturated heterocycles. The maximum absolute atomic E-state index is 13.6. The highest BCUT2D eigenvalue weighted by molar-refractivity contribution is 5.67. The normalized spacial score (nSPS) is 31.5. The monoisotopic (exact) mass is 675 g/mol. The van der Waals surface area contributed by atoms with Crippen LogP contribution in [0.5, 0.6) is 5.75 Å². The number of carbonyl (C=O) groups is 3. The molecule has 2 aliphatic carbocycles. The van der Waals surface area contributed by atoms with Crippen molar-refractivity contribution in [2.24, 2.45) is 22.7 Å². The fourth-order valence-corrected chi connectivity index (χ4v) is 8.70. The number of carbonyl (C=O) groups excluding carboxylic acids is 3. The van der Waals surface area contributed by atoms with Crippen molar-refractivity contribution in [3.8, 4) is 17.1 Å². The van der Waals surface area contributed by atoms with Gasteiger partial charge in [0.1, 0.15) is 48.1 Å². The van der Waals surface area contributed by atoms with Gasteiger partial charge < -0.3 is 33.2 Å². The van der Waals surface area contributed by atoms with Crippen LogP contribution in [0.3, 0.4) is 0 Å². The molecule has 3 heterocycles. The zero-order chi connectivity index (χ0) is 35.1. The number of esters is 2. The Morgan fingerprint density at radius 3 is 2.41 bits per heavy atom. The van der Waals surface area contributed by atoms with Crippen LogP contribution in [0.2, 0.25) is 0 Å². The third-order valence-electron chi connectivity index (χ3n) is 10.9. The van der Waals surface area contributed by atoms with Gasteiger partial charge in [-0.3, -0.25) is 14.6 Å². The highest BCUT2D eigenvalue weighted by Crippen LogP contribution is 2.67. The van der Waals surface area contributed by atoms with Gasteiger partial charge in [0.15, 0.2) is 0 Å². The van der Waals surface area contributed by atoms with Crippen molar-refractivity contribution < 1.29 is 47.6 Å². The standard InChI is InChI=1S/C37H41NO11/c1-21(39)45-20-36(4)27-17-29(48-34(43)44-19-23-10-7-6-8-11-23)37(5)32(35(27,3)14-13-28(36)46-22(2)40)31(41)30-26(49-37)16-25(47-33(30)42)24-12-9-15-38-18-24/h6-12,15-16,18,27-29,31-32,41H,13-14,17,19-20H2,1-5H3/t27-,28+,29+,31+,32-,35+,36+,37-/m1/s1. The van der Waals surface area contributed by atoms with Crippen molar-refractivity contribution in [1.29, 1.82) is 0 Å². The highest BCUT2D eigenvalue weighted by atomic mass is 16.7. The minimum atomic E-state index is -1.41. The van der Waals surface area contributed by atoms with Gasteiger partial charge >= 0.3 is 23.7 Å². The van der Waals surface area contributed by atoms with Gasteiger partial charge in [0, 0.05) is 49.2 Å². The van der Waals surface area contributed by atoms with Crippen LogP contribution in [0, 0.1) is 22.7 Å². The summed E-state index contributed by atoms with van der Waals surface area (Å²) < 4.78 is 35.5. The number of pyridine rings is 1. The van der Waals surface area contributed by atoms with Gasteiger partial charge in [-0.25, -0.2) is 9.59 Å². The number of aromatic nitrogens is 1. The number of hydrogen-bond acceptors (Lipinski definition) is 12.